The quantitative estimate of drug-likeness (QED) is 0.865. The number of rotatable bonds is 4. The van der Waals surface area contributed by atoms with Gasteiger partial charge in [0.2, 0.25) is 0 Å². The van der Waals surface area contributed by atoms with Gasteiger partial charge in [0, 0.05) is 38.2 Å². The van der Waals surface area contributed by atoms with Gasteiger partial charge in [-0.05, 0) is 43.9 Å². The van der Waals surface area contributed by atoms with Crippen molar-refractivity contribution in [2.24, 2.45) is 0 Å². The molecule has 2 fully saturated rings. The van der Waals surface area contributed by atoms with Crippen LogP contribution in [0.3, 0.4) is 0 Å². The van der Waals surface area contributed by atoms with Crippen molar-refractivity contribution in [3.05, 3.63) is 42.4 Å². The third kappa shape index (κ3) is 3.00. The number of anilines is 1. The van der Waals surface area contributed by atoms with Crippen molar-refractivity contribution in [2.45, 2.75) is 38.3 Å². The fourth-order valence-corrected chi connectivity index (χ4v) is 3.73. The molecule has 2 aliphatic heterocycles. The van der Waals surface area contributed by atoms with Crippen molar-refractivity contribution in [1.82, 2.24) is 19.7 Å². The Bertz CT molecular complexity index is 676. The first-order chi connectivity index (χ1) is 11.8. The summed E-state index contributed by atoms with van der Waals surface area (Å²) >= 11 is 0. The van der Waals surface area contributed by atoms with Gasteiger partial charge in [-0.2, -0.15) is 5.10 Å². The van der Waals surface area contributed by atoms with Crippen LogP contribution < -0.4 is 4.90 Å². The number of hydrogen-bond acceptors (Lipinski definition) is 4. The molecule has 0 N–H and O–H groups in total. The minimum absolute atomic E-state index is 0.0881. The smallest absolute Gasteiger partial charge is 0.255 e. The molecule has 1 atom stereocenters. The van der Waals surface area contributed by atoms with Crippen LogP contribution in [0, 0.1) is 0 Å². The summed E-state index contributed by atoms with van der Waals surface area (Å²) in [7, 11) is 0. The van der Waals surface area contributed by atoms with Gasteiger partial charge in [-0.15, -0.1) is 0 Å². The molecule has 0 spiro atoms. The molecule has 0 radical (unpaired) electrons. The molecule has 4 heterocycles. The Morgan fingerprint density at radius 1 is 1.17 bits per heavy atom. The molecule has 0 unspecified atom stereocenters. The van der Waals surface area contributed by atoms with Gasteiger partial charge in [0.25, 0.3) is 5.91 Å². The molecule has 0 bridgehead atoms. The molecule has 4 rings (SSSR count). The molecule has 2 aromatic heterocycles. The van der Waals surface area contributed by atoms with E-state index in [1.165, 1.54) is 12.8 Å². The van der Waals surface area contributed by atoms with E-state index in [0.29, 0.717) is 5.56 Å². The summed E-state index contributed by atoms with van der Waals surface area (Å²) in [6.45, 7) is 3.72. The van der Waals surface area contributed by atoms with Crippen LogP contribution >= 0.6 is 0 Å². The van der Waals surface area contributed by atoms with Crippen molar-refractivity contribution >= 4 is 11.7 Å². The lowest BCUT2D eigenvalue weighted by Crippen LogP contribution is -2.38. The largest absolute Gasteiger partial charge is 0.357 e. The van der Waals surface area contributed by atoms with Crippen LogP contribution in [-0.4, -0.2) is 51.2 Å². The number of likely N-dealkylation sites (tertiary alicyclic amines) is 1. The first-order valence-electron chi connectivity index (χ1n) is 8.81. The molecule has 24 heavy (non-hydrogen) atoms. The fraction of sp³-hybridized carbons (Fsp3) is 0.500. The Balaban J connectivity index is 1.45. The van der Waals surface area contributed by atoms with Gasteiger partial charge < -0.3 is 9.80 Å². The Labute approximate surface area is 142 Å². The van der Waals surface area contributed by atoms with Crippen LogP contribution in [0.1, 0.15) is 36.0 Å². The number of aromatic nitrogens is 3. The van der Waals surface area contributed by atoms with E-state index in [-0.39, 0.29) is 11.9 Å². The summed E-state index contributed by atoms with van der Waals surface area (Å²) in [5.74, 6) is 1.07. The Morgan fingerprint density at radius 3 is 2.75 bits per heavy atom. The summed E-state index contributed by atoms with van der Waals surface area (Å²) in [5, 5.41) is 4.26. The second kappa shape index (κ2) is 6.63. The lowest BCUT2D eigenvalue weighted by molar-refractivity contribution is 0.0721. The minimum atomic E-state index is 0.0881. The van der Waals surface area contributed by atoms with Crippen LogP contribution in [-0.2, 0) is 6.54 Å². The second-order valence-corrected chi connectivity index (χ2v) is 6.62. The highest BCUT2D eigenvalue weighted by Crippen LogP contribution is 2.23. The number of nitrogens with zero attached hydrogens (tertiary/aromatic N) is 5. The highest BCUT2D eigenvalue weighted by Gasteiger charge is 2.30. The van der Waals surface area contributed by atoms with Crippen LogP contribution in [0.25, 0.3) is 0 Å². The molecule has 0 aromatic carbocycles. The molecule has 1 amide bonds. The third-order valence-corrected chi connectivity index (χ3v) is 5.02. The van der Waals surface area contributed by atoms with E-state index in [4.69, 9.17) is 0 Å². The highest BCUT2D eigenvalue weighted by atomic mass is 16.2. The van der Waals surface area contributed by atoms with E-state index < -0.39 is 0 Å². The highest BCUT2D eigenvalue weighted by molar-refractivity contribution is 5.94. The summed E-state index contributed by atoms with van der Waals surface area (Å²) < 4.78 is 1.91. The molecule has 2 aromatic rings. The van der Waals surface area contributed by atoms with Crippen molar-refractivity contribution in [3.8, 4) is 0 Å². The molecule has 0 aliphatic carbocycles. The van der Waals surface area contributed by atoms with Gasteiger partial charge in [0.05, 0.1) is 18.2 Å². The molecule has 6 heteroatoms. The normalized spacial score (nSPS) is 20.8. The lowest BCUT2D eigenvalue weighted by atomic mass is 10.2. The Hall–Kier alpha value is -2.37. The van der Waals surface area contributed by atoms with E-state index in [2.05, 4.69) is 15.0 Å². The van der Waals surface area contributed by atoms with Crippen LogP contribution in [0.5, 0.6) is 0 Å². The maximum absolute atomic E-state index is 12.9. The second-order valence-electron chi connectivity index (χ2n) is 6.62. The molecule has 2 aliphatic rings. The van der Waals surface area contributed by atoms with E-state index in [1.54, 1.807) is 12.4 Å². The van der Waals surface area contributed by atoms with Gasteiger partial charge in [-0.3, -0.25) is 9.48 Å². The lowest BCUT2D eigenvalue weighted by Gasteiger charge is -2.25. The molecule has 0 saturated carbocycles. The van der Waals surface area contributed by atoms with Gasteiger partial charge in [0.1, 0.15) is 5.82 Å². The third-order valence-electron chi connectivity index (χ3n) is 5.02. The number of carbonyl (C=O) groups is 1. The monoisotopic (exact) mass is 325 g/mol. The zero-order valence-corrected chi connectivity index (χ0v) is 13.8. The average Bonchev–Trinajstić information content (AvgIpc) is 3.37. The Kier molecular flexibility index (Phi) is 4.19. The summed E-state index contributed by atoms with van der Waals surface area (Å²) in [6, 6.07) is 6.04. The molecular formula is C18H23N5O. The summed E-state index contributed by atoms with van der Waals surface area (Å²) in [4.78, 5) is 21.6. The van der Waals surface area contributed by atoms with Crippen LogP contribution in [0.4, 0.5) is 5.82 Å². The summed E-state index contributed by atoms with van der Waals surface area (Å²) in [5.41, 5.74) is 0.685. The van der Waals surface area contributed by atoms with Crippen molar-refractivity contribution in [2.75, 3.05) is 24.5 Å². The maximum Gasteiger partial charge on any atom is 0.255 e. The zero-order valence-electron chi connectivity index (χ0n) is 13.8. The first-order valence-corrected chi connectivity index (χ1v) is 8.81. The number of amides is 1. The van der Waals surface area contributed by atoms with Gasteiger partial charge in [0.15, 0.2) is 0 Å². The number of hydrogen-bond donors (Lipinski definition) is 0. The van der Waals surface area contributed by atoms with Crippen LogP contribution in [0.15, 0.2) is 36.8 Å². The first kappa shape index (κ1) is 15.2. The van der Waals surface area contributed by atoms with Gasteiger partial charge in [-0.25, -0.2) is 4.98 Å². The predicted molar refractivity (Wildman–Crippen MR) is 92.0 cm³/mol. The van der Waals surface area contributed by atoms with Crippen molar-refractivity contribution in [1.29, 1.82) is 0 Å². The van der Waals surface area contributed by atoms with Gasteiger partial charge >= 0.3 is 0 Å². The topological polar surface area (TPSA) is 54.3 Å². The standard InChI is InChI=1S/C18H23N5O/c24-18(15-6-7-17(19-13-15)21-9-1-2-10-21)23-12-3-5-16(23)14-22-11-4-8-20-22/h4,6-8,11,13,16H,1-3,5,9-10,12,14H2/t16-/m0/s1. The predicted octanol–water partition coefficient (Wildman–Crippen LogP) is 2.18. The van der Waals surface area contributed by atoms with Gasteiger partial charge in [-0.1, -0.05) is 0 Å². The fourth-order valence-electron chi connectivity index (χ4n) is 3.73. The van der Waals surface area contributed by atoms with Crippen molar-refractivity contribution < 1.29 is 4.79 Å². The van der Waals surface area contributed by atoms with Crippen LogP contribution in [0.2, 0.25) is 0 Å². The molecule has 2 saturated heterocycles. The molecule has 6 nitrogen and oxygen atoms in total. The van der Waals surface area contributed by atoms with E-state index in [9.17, 15) is 4.79 Å². The van der Waals surface area contributed by atoms with Crippen molar-refractivity contribution in [3.63, 3.8) is 0 Å². The SMILES string of the molecule is O=C(c1ccc(N2CCCC2)nc1)N1CCC[C@H]1Cn1cccn1. The van der Waals surface area contributed by atoms with E-state index in [1.807, 2.05) is 34.0 Å². The maximum atomic E-state index is 12.9. The molecule has 126 valence electrons. The Morgan fingerprint density at radius 2 is 2.04 bits per heavy atom. The van der Waals surface area contributed by atoms with E-state index in [0.717, 1.165) is 44.8 Å². The average molecular weight is 325 g/mol. The van der Waals surface area contributed by atoms with E-state index >= 15 is 0 Å². The zero-order chi connectivity index (χ0) is 16.4. The summed E-state index contributed by atoms with van der Waals surface area (Å²) in [6.07, 6.45) is 10.0. The minimum Gasteiger partial charge on any atom is -0.357 e. The number of pyridine rings is 1. The molecular weight excluding hydrogens is 302 g/mol. The number of carbonyl (C=O) groups excluding carboxylic acids is 1.